The van der Waals surface area contributed by atoms with Gasteiger partial charge in [-0.25, -0.2) is 4.98 Å². The molecule has 0 atom stereocenters. The zero-order valence-electron chi connectivity index (χ0n) is 9.55. The molecule has 1 amide bonds. The predicted molar refractivity (Wildman–Crippen MR) is 57.3 cm³/mol. The molecule has 0 saturated carbocycles. The standard InChI is InChI=1S/C11H16N2O2/c1-7(2)5-10(14)12-6-11-13-8(3)9(4)15-11/h5H,6H2,1-4H3,(H,12,14). The summed E-state index contributed by atoms with van der Waals surface area (Å²) in [5.74, 6) is 1.21. The topological polar surface area (TPSA) is 55.1 Å². The monoisotopic (exact) mass is 208 g/mol. The minimum Gasteiger partial charge on any atom is -0.444 e. The van der Waals surface area contributed by atoms with E-state index in [9.17, 15) is 4.79 Å². The van der Waals surface area contributed by atoms with Gasteiger partial charge < -0.3 is 9.73 Å². The number of carbonyl (C=O) groups is 1. The summed E-state index contributed by atoms with van der Waals surface area (Å²) in [5.41, 5.74) is 1.83. The quantitative estimate of drug-likeness (QED) is 0.771. The van der Waals surface area contributed by atoms with Gasteiger partial charge in [-0.15, -0.1) is 0 Å². The summed E-state index contributed by atoms with van der Waals surface area (Å²) in [7, 11) is 0. The third-order valence-electron chi connectivity index (χ3n) is 1.91. The summed E-state index contributed by atoms with van der Waals surface area (Å²) >= 11 is 0. The van der Waals surface area contributed by atoms with Gasteiger partial charge in [-0.1, -0.05) is 5.57 Å². The normalized spacial score (nSPS) is 9.87. The van der Waals surface area contributed by atoms with E-state index in [0.717, 1.165) is 17.0 Å². The summed E-state index contributed by atoms with van der Waals surface area (Å²) in [4.78, 5) is 15.4. The Kier molecular flexibility index (Phi) is 3.66. The average molecular weight is 208 g/mol. The molecule has 0 spiro atoms. The Bertz CT molecular complexity index is 368. The first-order chi connectivity index (χ1) is 6.99. The van der Waals surface area contributed by atoms with E-state index in [-0.39, 0.29) is 5.91 Å². The summed E-state index contributed by atoms with van der Waals surface area (Å²) < 4.78 is 5.32. The Morgan fingerprint density at radius 3 is 2.60 bits per heavy atom. The van der Waals surface area contributed by atoms with E-state index in [0.29, 0.717) is 12.4 Å². The highest BCUT2D eigenvalue weighted by Gasteiger charge is 2.05. The number of hydrogen-bond donors (Lipinski definition) is 1. The van der Waals surface area contributed by atoms with E-state index in [2.05, 4.69) is 10.3 Å². The van der Waals surface area contributed by atoms with Gasteiger partial charge in [0, 0.05) is 6.08 Å². The molecule has 82 valence electrons. The van der Waals surface area contributed by atoms with Crippen LogP contribution in [0.15, 0.2) is 16.1 Å². The van der Waals surface area contributed by atoms with Gasteiger partial charge in [0.25, 0.3) is 0 Å². The number of nitrogens with zero attached hydrogens (tertiary/aromatic N) is 1. The molecule has 4 nitrogen and oxygen atoms in total. The van der Waals surface area contributed by atoms with E-state index in [4.69, 9.17) is 4.42 Å². The maximum Gasteiger partial charge on any atom is 0.244 e. The molecular weight excluding hydrogens is 192 g/mol. The molecule has 1 aromatic rings. The van der Waals surface area contributed by atoms with Crippen LogP contribution in [0.4, 0.5) is 0 Å². The predicted octanol–water partition coefficient (Wildman–Crippen LogP) is 1.87. The number of amides is 1. The van der Waals surface area contributed by atoms with E-state index in [1.807, 2.05) is 27.7 Å². The lowest BCUT2D eigenvalue weighted by atomic mass is 10.3. The first-order valence-electron chi connectivity index (χ1n) is 4.84. The number of nitrogens with one attached hydrogen (secondary N) is 1. The Labute approximate surface area is 89.4 Å². The van der Waals surface area contributed by atoms with Crippen LogP contribution in [0.3, 0.4) is 0 Å². The molecule has 0 saturated heterocycles. The van der Waals surface area contributed by atoms with Crippen LogP contribution in [-0.2, 0) is 11.3 Å². The van der Waals surface area contributed by atoms with Crippen LogP contribution < -0.4 is 5.32 Å². The van der Waals surface area contributed by atoms with Crippen molar-refractivity contribution in [1.82, 2.24) is 10.3 Å². The van der Waals surface area contributed by atoms with Crippen molar-refractivity contribution in [3.05, 3.63) is 29.0 Å². The molecule has 0 aliphatic rings. The average Bonchev–Trinajstić information content (AvgIpc) is 2.42. The second-order valence-corrected chi connectivity index (χ2v) is 3.69. The highest BCUT2D eigenvalue weighted by atomic mass is 16.4. The fourth-order valence-corrected chi connectivity index (χ4v) is 1.09. The van der Waals surface area contributed by atoms with Crippen molar-refractivity contribution in [1.29, 1.82) is 0 Å². The second-order valence-electron chi connectivity index (χ2n) is 3.69. The van der Waals surface area contributed by atoms with Crippen molar-refractivity contribution < 1.29 is 9.21 Å². The van der Waals surface area contributed by atoms with Crippen molar-refractivity contribution >= 4 is 5.91 Å². The number of carbonyl (C=O) groups excluding carboxylic acids is 1. The van der Waals surface area contributed by atoms with Gasteiger partial charge in [0.2, 0.25) is 11.8 Å². The molecule has 1 aromatic heterocycles. The molecule has 1 N–H and O–H groups in total. The van der Waals surface area contributed by atoms with E-state index >= 15 is 0 Å². The SMILES string of the molecule is CC(C)=CC(=O)NCc1nc(C)c(C)o1. The first kappa shape index (κ1) is 11.5. The van der Waals surface area contributed by atoms with Crippen molar-refractivity contribution in [3.63, 3.8) is 0 Å². The fourth-order valence-electron chi connectivity index (χ4n) is 1.09. The molecule has 0 aromatic carbocycles. The van der Waals surface area contributed by atoms with Crippen molar-refractivity contribution in [2.75, 3.05) is 0 Å². The van der Waals surface area contributed by atoms with Gasteiger partial charge in [-0.05, 0) is 27.7 Å². The van der Waals surface area contributed by atoms with Gasteiger partial charge in [0.1, 0.15) is 5.76 Å². The number of rotatable bonds is 3. The number of allylic oxidation sites excluding steroid dienone is 1. The molecule has 0 fully saturated rings. The van der Waals surface area contributed by atoms with Crippen LogP contribution in [-0.4, -0.2) is 10.9 Å². The van der Waals surface area contributed by atoms with Gasteiger partial charge >= 0.3 is 0 Å². The number of oxazole rings is 1. The summed E-state index contributed by atoms with van der Waals surface area (Å²) in [5, 5.41) is 2.70. The van der Waals surface area contributed by atoms with Crippen molar-refractivity contribution in [2.45, 2.75) is 34.2 Å². The molecule has 1 heterocycles. The summed E-state index contributed by atoms with van der Waals surface area (Å²) in [6.07, 6.45) is 1.54. The zero-order valence-corrected chi connectivity index (χ0v) is 9.55. The van der Waals surface area contributed by atoms with Gasteiger partial charge in [-0.2, -0.15) is 0 Å². The zero-order chi connectivity index (χ0) is 11.4. The molecule has 15 heavy (non-hydrogen) atoms. The van der Waals surface area contributed by atoms with E-state index in [1.54, 1.807) is 6.08 Å². The molecule has 0 aliphatic heterocycles. The van der Waals surface area contributed by atoms with E-state index < -0.39 is 0 Å². The Hall–Kier alpha value is -1.58. The largest absolute Gasteiger partial charge is 0.444 e. The summed E-state index contributed by atoms with van der Waals surface area (Å²) in [6.45, 7) is 7.80. The first-order valence-corrected chi connectivity index (χ1v) is 4.84. The lowest BCUT2D eigenvalue weighted by Crippen LogP contribution is -2.20. The third kappa shape index (κ3) is 3.58. The Balaban J connectivity index is 2.51. The van der Waals surface area contributed by atoms with Gasteiger partial charge in [0.15, 0.2) is 0 Å². The van der Waals surface area contributed by atoms with Crippen LogP contribution in [0.1, 0.15) is 31.2 Å². The molecule has 4 heteroatoms. The third-order valence-corrected chi connectivity index (χ3v) is 1.91. The molecular formula is C11H16N2O2. The molecule has 0 radical (unpaired) electrons. The molecule has 0 aliphatic carbocycles. The van der Waals surface area contributed by atoms with Crippen molar-refractivity contribution in [3.8, 4) is 0 Å². The maximum atomic E-state index is 11.3. The fraction of sp³-hybridized carbons (Fsp3) is 0.455. The highest BCUT2D eigenvalue weighted by Crippen LogP contribution is 2.07. The number of aryl methyl sites for hydroxylation is 2. The van der Waals surface area contributed by atoms with Gasteiger partial charge in [0.05, 0.1) is 12.2 Å². The number of hydrogen-bond acceptors (Lipinski definition) is 3. The van der Waals surface area contributed by atoms with Gasteiger partial charge in [-0.3, -0.25) is 4.79 Å². The second kappa shape index (κ2) is 4.77. The van der Waals surface area contributed by atoms with Crippen LogP contribution in [0.5, 0.6) is 0 Å². The Morgan fingerprint density at radius 1 is 1.47 bits per heavy atom. The maximum absolute atomic E-state index is 11.3. The minimum atomic E-state index is -0.122. The Morgan fingerprint density at radius 2 is 2.13 bits per heavy atom. The van der Waals surface area contributed by atoms with Crippen LogP contribution >= 0.6 is 0 Å². The highest BCUT2D eigenvalue weighted by molar-refractivity contribution is 5.87. The van der Waals surface area contributed by atoms with Crippen LogP contribution in [0, 0.1) is 13.8 Å². The van der Waals surface area contributed by atoms with Crippen molar-refractivity contribution in [2.24, 2.45) is 0 Å². The molecule has 0 bridgehead atoms. The van der Waals surface area contributed by atoms with E-state index in [1.165, 1.54) is 0 Å². The van der Waals surface area contributed by atoms with Crippen LogP contribution in [0.25, 0.3) is 0 Å². The molecule has 1 rings (SSSR count). The lowest BCUT2D eigenvalue weighted by molar-refractivity contribution is -0.116. The summed E-state index contributed by atoms with van der Waals surface area (Å²) in [6, 6.07) is 0. The molecule has 0 unspecified atom stereocenters. The smallest absolute Gasteiger partial charge is 0.244 e. The number of aromatic nitrogens is 1. The van der Waals surface area contributed by atoms with Crippen LogP contribution in [0.2, 0.25) is 0 Å². The lowest BCUT2D eigenvalue weighted by Gasteiger charge is -1.97. The minimum absolute atomic E-state index is 0.122.